The van der Waals surface area contributed by atoms with Crippen LogP contribution in [0.3, 0.4) is 0 Å². The van der Waals surface area contributed by atoms with Gasteiger partial charge in [-0.25, -0.2) is 15.0 Å². The van der Waals surface area contributed by atoms with Crippen LogP contribution in [0.25, 0.3) is 0 Å². The van der Waals surface area contributed by atoms with Gasteiger partial charge in [-0.3, -0.25) is 4.79 Å². The van der Waals surface area contributed by atoms with E-state index in [-0.39, 0.29) is 22.3 Å². The summed E-state index contributed by atoms with van der Waals surface area (Å²) < 4.78 is 53.6. The summed E-state index contributed by atoms with van der Waals surface area (Å²) in [5, 5.41) is 5.07. The van der Waals surface area contributed by atoms with Crippen molar-refractivity contribution >= 4 is 40.7 Å². The van der Waals surface area contributed by atoms with Gasteiger partial charge in [0.1, 0.15) is 0 Å². The van der Waals surface area contributed by atoms with Gasteiger partial charge in [0.2, 0.25) is 11.9 Å². The molecule has 3 rings (SSSR count). The zero-order chi connectivity index (χ0) is 21.9. The summed E-state index contributed by atoms with van der Waals surface area (Å²) in [6.45, 7) is -0.217. The Kier molecular flexibility index (Phi) is 6.37. The lowest BCUT2D eigenvalue weighted by atomic mass is 10.2. The molecule has 2 N–H and O–H groups in total. The number of para-hydroxylation sites is 1. The fraction of sp³-hybridized carbons (Fsp3) is 0.111. The molecule has 0 unspecified atom stereocenters. The molecule has 0 spiro atoms. The average Bonchev–Trinajstić information content (AvgIpc) is 2.68. The summed E-state index contributed by atoms with van der Waals surface area (Å²) >= 11 is 12.0. The highest BCUT2D eigenvalue weighted by Gasteiger charge is 2.38. The maximum atomic E-state index is 13.5. The molecular weight excluding hydrogens is 449 g/mol. The van der Waals surface area contributed by atoms with Crippen molar-refractivity contribution in [2.24, 2.45) is 0 Å². The van der Waals surface area contributed by atoms with E-state index in [0.717, 1.165) is 12.3 Å². The van der Waals surface area contributed by atoms with Crippen LogP contribution in [0.15, 0.2) is 42.7 Å². The topological polar surface area (TPSA) is 79.8 Å². The van der Waals surface area contributed by atoms with Crippen molar-refractivity contribution in [3.05, 3.63) is 75.5 Å². The number of benzene rings is 1. The highest BCUT2D eigenvalue weighted by Crippen LogP contribution is 2.34. The maximum Gasteiger partial charge on any atom is 0.434 e. The summed E-state index contributed by atoms with van der Waals surface area (Å²) in [6, 6.07) is 6.96. The van der Waals surface area contributed by atoms with Crippen molar-refractivity contribution in [3.63, 3.8) is 0 Å². The van der Waals surface area contributed by atoms with E-state index in [1.807, 2.05) is 0 Å². The first kappa shape index (κ1) is 21.7. The summed E-state index contributed by atoms with van der Waals surface area (Å²) in [6.07, 6.45) is -3.05. The van der Waals surface area contributed by atoms with Crippen LogP contribution >= 0.6 is 23.2 Å². The van der Waals surface area contributed by atoms with Gasteiger partial charge in [0, 0.05) is 18.9 Å². The summed E-state index contributed by atoms with van der Waals surface area (Å²) in [5.41, 5.74) is -1.82. The maximum absolute atomic E-state index is 13.5. The molecule has 0 aliphatic rings. The lowest BCUT2D eigenvalue weighted by Crippen LogP contribution is -2.27. The Morgan fingerprint density at radius 1 is 1.10 bits per heavy atom. The largest absolute Gasteiger partial charge is 0.434 e. The lowest BCUT2D eigenvalue weighted by Gasteiger charge is -2.14. The van der Waals surface area contributed by atoms with Gasteiger partial charge in [-0.05, 0) is 29.8 Å². The quantitative estimate of drug-likeness (QED) is 0.414. The van der Waals surface area contributed by atoms with Crippen molar-refractivity contribution in [2.75, 3.05) is 5.32 Å². The van der Waals surface area contributed by atoms with Gasteiger partial charge in [0.15, 0.2) is 5.69 Å². The number of nitrogens with one attached hydrogen (secondary N) is 2. The van der Waals surface area contributed by atoms with E-state index in [2.05, 4.69) is 25.6 Å². The molecule has 0 aliphatic carbocycles. The van der Waals surface area contributed by atoms with Crippen molar-refractivity contribution in [3.8, 4) is 0 Å². The Morgan fingerprint density at radius 3 is 2.43 bits per heavy atom. The third-order valence-electron chi connectivity index (χ3n) is 3.75. The van der Waals surface area contributed by atoms with Crippen molar-refractivity contribution in [1.29, 1.82) is 0 Å². The van der Waals surface area contributed by atoms with E-state index in [4.69, 9.17) is 23.2 Å². The molecule has 0 saturated heterocycles. The zero-order valence-electron chi connectivity index (χ0n) is 14.8. The van der Waals surface area contributed by atoms with Gasteiger partial charge in [-0.2, -0.15) is 17.6 Å². The van der Waals surface area contributed by atoms with Gasteiger partial charge in [-0.15, -0.1) is 0 Å². The number of halogens is 6. The number of alkyl halides is 3. The molecule has 1 aromatic carbocycles. The molecule has 6 nitrogen and oxygen atoms in total. The smallest absolute Gasteiger partial charge is 0.348 e. The summed E-state index contributed by atoms with van der Waals surface area (Å²) in [5.74, 6) is -2.32. The van der Waals surface area contributed by atoms with E-state index >= 15 is 0 Å². The Hall–Kier alpha value is -2.98. The van der Waals surface area contributed by atoms with Crippen molar-refractivity contribution < 1.29 is 22.4 Å². The van der Waals surface area contributed by atoms with Crippen LogP contribution in [0.2, 0.25) is 10.0 Å². The SMILES string of the molecule is O=C(NCc1ccnc(F)c1)c1cnc(Nc2c(Cl)cccc2Cl)nc1C(F)(F)F. The third-order valence-corrected chi connectivity index (χ3v) is 4.38. The molecular formula is C18H11Cl2F4N5O. The Balaban J connectivity index is 1.86. The number of carbonyl (C=O) groups excluding carboxylic acids is 1. The van der Waals surface area contributed by atoms with E-state index in [1.54, 1.807) is 6.07 Å². The minimum Gasteiger partial charge on any atom is -0.348 e. The summed E-state index contributed by atoms with van der Waals surface area (Å²) in [7, 11) is 0. The first-order chi connectivity index (χ1) is 14.1. The lowest BCUT2D eigenvalue weighted by molar-refractivity contribution is -0.141. The molecule has 0 atom stereocenters. The molecule has 0 fully saturated rings. The number of hydrogen-bond donors (Lipinski definition) is 2. The predicted molar refractivity (Wildman–Crippen MR) is 102 cm³/mol. The van der Waals surface area contributed by atoms with E-state index in [0.29, 0.717) is 5.56 Å². The monoisotopic (exact) mass is 459 g/mol. The van der Waals surface area contributed by atoms with E-state index in [9.17, 15) is 22.4 Å². The number of hydrogen-bond acceptors (Lipinski definition) is 5. The Morgan fingerprint density at radius 2 is 1.80 bits per heavy atom. The number of rotatable bonds is 5. The molecule has 0 saturated carbocycles. The fourth-order valence-corrected chi connectivity index (χ4v) is 2.88. The Bertz CT molecular complexity index is 1070. The predicted octanol–water partition coefficient (Wildman–Crippen LogP) is 5.01. The first-order valence-corrected chi connectivity index (χ1v) is 8.94. The number of amides is 1. The molecule has 12 heteroatoms. The zero-order valence-corrected chi connectivity index (χ0v) is 16.3. The number of carbonyl (C=O) groups is 1. The summed E-state index contributed by atoms with van der Waals surface area (Å²) in [4.78, 5) is 22.8. The normalized spacial score (nSPS) is 11.3. The van der Waals surface area contributed by atoms with Crippen molar-refractivity contribution in [1.82, 2.24) is 20.3 Å². The third kappa shape index (κ3) is 5.14. The number of nitrogens with zero attached hydrogens (tertiary/aromatic N) is 3. The standard InChI is InChI=1S/C18H11Cl2F4N5O/c19-11-2-1-3-12(20)14(11)28-17-27-8-10(15(29-17)18(22,23)24)16(30)26-7-9-4-5-25-13(21)6-9/h1-6,8H,7H2,(H,26,30)(H,27,28,29). The molecule has 0 aliphatic heterocycles. The van der Waals surface area contributed by atoms with E-state index < -0.39 is 35.2 Å². The van der Waals surface area contributed by atoms with Crippen LogP contribution in [0, 0.1) is 5.95 Å². The van der Waals surface area contributed by atoms with E-state index in [1.165, 1.54) is 24.4 Å². The van der Waals surface area contributed by atoms with Crippen LogP contribution in [0.1, 0.15) is 21.6 Å². The molecule has 30 heavy (non-hydrogen) atoms. The number of anilines is 2. The van der Waals surface area contributed by atoms with Gasteiger partial charge in [-0.1, -0.05) is 29.3 Å². The van der Waals surface area contributed by atoms with Crippen LogP contribution < -0.4 is 10.6 Å². The highest BCUT2D eigenvalue weighted by atomic mass is 35.5. The average molecular weight is 460 g/mol. The first-order valence-electron chi connectivity index (χ1n) is 8.19. The molecule has 156 valence electrons. The molecule has 2 heterocycles. The molecule has 2 aromatic heterocycles. The highest BCUT2D eigenvalue weighted by molar-refractivity contribution is 6.39. The molecule has 0 radical (unpaired) electrons. The number of pyridine rings is 1. The van der Waals surface area contributed by atoms with Crippen LogP contribution in [-0.2, 0) is 12.7 Å². The minimum atomic E-state index is -4.95. The van der Waals surface area contributed by atoms with Gasteiger partial charge in [0.05, 0.1) is 21.3 Å². The van der Waals surface area contributed by atoms with Crippen LogP contribution in [0.5, 0.6) is 0 Å². The molecule has 0 bridgehead atoms. The fourth-order valence-electron chi connectivity index (χ4n) is 2.38. The molecule has 3 aromatic rings. The van der Waals surface area contributed by atoms with Gasteiger partial charge in [0.25, 0.3) is 5.91 Å². The second kappa shape index (κ2) is 8.80. The van der Waals surface area contributed by atoms with Gasteiger partial charge < -0.3 is 10.6 Å². The van der Waals surface area contributed by atoms with Gasteiger partial charge >= 0.3 is 6.18 Å². The second-order valence-corrected chi connectivity index (χ2v) is 6.66. The minimum absolute atomic E-state index is 0.117. The number of aromatic nitrogens is 3. The van der Waals surface area contributed by atoms with Crippen molar-refractivity contribution in [2.45, 2.75) is 12.7 Å². The van der Waals surface area contributed by atoms with Crippen LogP contribution in [-0.4, -0.2) is 20.9 Å². The molecule has 1 amide bonds. The van der Waals surface area contributed by atoms with Crippen LogP contribution in [0.4, 0.5) is 29.2 Å². The Labute approximate surface area is 177 Å². The second-order valence-electron chi connectivity index (χ2n) is 5.84.